The van der Waals surface area contributed by atoms with Crippen LogP contribution in [-0.4, -0.2) is 66.0 Å². The van der Waals surface area contributed by atoms with Crippen molar-refractivity contribution in [1.82, 2.24) is 9.80 Å². The average Bonchev–Trinajstić information content (AvgIpc) is 3.21. The molecule has 2 aliphatic rings. The quantitative estimate of drug-likeness (QED) is 0.244. The number of amides is 1. The molecule has 0 saturated carbocycles. The highest BCUT2D eigenvalue weighted by Gasteiger charge is 2.46. The molecule has 0 aliphatic carbocycles. The van der Waals surface area contributed by atoms with Crippen LogP contribution in [0.3, 0.4) is 0 Å². The van der Waals surface area contributed by atoms with Gasteiger partial charge in [-0.05, 0) is 54.4 Å². The third-order valence-corrected chi connectivity index (χ3v) is 7.35. The van der Waals surface area contributed by atoms with Gasteiger partial charge in [0.15, 0.2) is 0 Å². The number of aliphatic hydroxyl groups is 1. The molecule has 1 atom stereocenters. The summed E-state index contributed by atoms with van der Waals surface area (Å²) in [6.07, 6.45) is 0. The maximum absolute atomic E-state index is 13.3. The third-order valence-electron chi connectivity index (χ3n) is 7.10. The second kappa shape index (κ2) is 12.0. The molecule has 3 aromatic rings. The first-order valence-corrected chi connectivity index (χ1v) is 13.4. The predicted octanol–water partition coefficient (Wildman–Crippen LogP) is 4.98. The predicted molar refractivity (Wildman–Crippen MR) is 150 cm³/mol. The molecule has 8 heteroatoms. The number of hydrogen-bond acceptors (Lipinski definition) is 6. The highest BCUT2D eigenvalue weighted by Crippen LogP contribution is 2.39. The number of morpholine rings is 1. The van der Waals surface area contributed by atoms with E-state index >= 15 is 0 Å². The zero-order chi connectivity index (χ0) is 27.4. The summed E-state index contributed by atoms with van der Waals surface area (Å²) >= 11 is 6.12. The molecule has 202 valence electrons. The Morgan fingerprint density at radius 1 is 1.00 bits per heavy atom. The Balaban J connectivity index is 1.41. The van der Waals surface area contributed by atoms with Crippen LogP contribution in [0, 0.1) is 6.92 Å². The van der Waals surface area contributed by atoms with E-state index < -0.39 is 17.7 Å². The summed E-state index contributed by atoms with van der Waals surface area (Å²) < 4.78 is 11.3. The summed E-state index contributed by atoms with van der Waals surface area (Å²) in [7, 11) is 0. The summed E-state index contributed by atoms with van der Waals surface area (Å²) in [5, 5.41) is 11.9. The topological polar surface area (TPSA) is 79.3 Å². The number of carbonyl (C=O) groups is 2. The van der Waals surface area contributed by atoms with Crippen LogP contribution in [-0.2, 0) is 20.9 Å². The summed E-state index contributed by atoms with van der Waals surface area (Å²) in [4.78, 5) is 30.3. The maximum atomic E-state index is 13.3. The molecule has 7 nitrogen and oxygen atoms in total. The summed E-state index contributed by atoms with van der Waals surface area (Å²) in [6, 6.07) is 21.3. The van der Waals surface area contributed by atoms with Crippen molar-refractivity contribution in [2.24, 2.45) is 0 Å². The van der Waals surface area contributed by atoms with Crippen LogP contribution in [0.4, 0.5) is 0 Å². The zero-order valence-corrected chi connectivity index (χ0v) is 22.6. The standard InChI is InChI=1S/C31H31ClN2O5/c1-21-3-2-4-22(19-21)20-39-26-11-7-24(8-12-26)29(35)27-28(23-5-9-25(32)10-6-23)34(31(37)30(27)36)14-13-33-15-17-38-18-16-33/h2-12,19,28,35H,13-18,20H2,1H3/b29-27+/t28-/m0/s1. The summed E-state index contributed by atoms with van der Waals surface area (Å²) in [5.41, 5.74) is 3.43. The number of nitrogens with zero attached hydrogens (tertiary/aromatic N) is 2. The fourth-order valence-corrected chi connectivity index (χ4v) is 5.14. The minimum absolute atomic E-state index is 0.0673. The minimum atomic E-state index is -0.722. The lowest BCUT2D eigenvalue weighted by Crippen LogP contribution is -2.42. The molecule has 0 aromatic heterocycles. The van der Waals surface area contributed by atoms with Crippen molar-refractivity contribution in [2.45, 2.75) is 19.6 Å². The Morgan fingerprint density at radius 2 is 1.72 bits per heavy atom. The summed E-state index contributed by atoms with van der Waals surface area (Å²) in [6.45, 7) is 6.23. The molecular weight excluding hydrogens is 516 g/mol. The Morgan fingerprint density at radius 3 is 2.41 bits per heavy atom. The molecule has 0 unspecified atom stereocenters. The molecule has 0 radical (unpaired) electrons. The Labute approximate surface area is 233 Å². The van der Waals surface area contributed by atoms with Gasteiger partial charge in [-0.3, -0.25) is 14.5 Å². The van der Waals surface area contributed by atoms with E-state index in [0.717, 1.165) is 24.2 Å². The second-order valence-electron chi connectivity index (χ2n) is 9.80. The molecule has 2 fully saturated rings. The number of aliphatic hydroxyl groups excluding tert-OH is 1. The van der Waals surface area contributed by atoms with E-state index in [2.05, 4.69) is 11.0 Å². The van der Waals surface area contributed by atoms with Crippen molar-refractivity contribution in [2.75, 3.05) is 39.4 Å². The van der Waals surface area contributed by atoms with Gasteiger partial charge >= 0.3 is 0 Å². The lowest BCUT2D eigenvalue weighted by Gasteiger charge is -2.31. The molecule has 3 aromatic carbocycles. The van der Waals surface area contributed by atoms with E-state index in [9.17, 15) is 14.7 Å². The fourth-order valence-electron chi connectivity index (χ4n) is 5.01. The minimum Gasteiger partial charge on any atom is -0.507 e. The lowest BCUT2D eigenvalue weighted by molar-refractivity contribution is -0.140. The molecular formula is C31H31ClN2O5. The molecule has 2 aliphatic heterocycles. The molecule has 0 spiro atoms. The van der Waals surface area contributed by atoms with Gasteiger partial charge in [0.05, 0.1) is 24.8 Å². The van der Waals surface area contributed by atoms with Crippen molar-refractivity contribution in [3.63, 3.8) is 0 Å². The van der Waals surface area contributed by atoms with Crippen LogP contribution in [0.2, 0.25) is 5.02 Å². The first kappa shape index (κ1) is 26.9. The number of hydrogen-bond donors (Lipinski definition) is 1. The lowest BCUT2D eigenvalue weighted by atomic mass is 9.95. The molecule has 1 amide bonds. The van der Waals surface area contributed by atoms with E-state index in [1.165, 1.54) is 0 Å². The zero-order valence-electron chi connectivity index (χ0n) is 21.8. The van der Waals surface area contributed by atoms with E-state index in [1.54, 1.807) is 53.4 Å². The molecule has 0 bridgehead atoms. The normalized spacial score (nSPS) is 19.4. The van der Waals surface area contributed by atoms with Gasteiger partial charge in [0.2, 0.25) is 0 Å². The van der Waals surface area contributed by atoms with Gasteiger partial charge in [-0.1, -0.05) is 53.6 Å². The number of ether oxygens (including phenoxy) is 2. The molecule has 2 heterocycles. The van der Waals surface area contributed by atoms with Crippen molar-refractivity contribution in [3.05, 3.63) is 106 Å². The highest BCUT2D eigenvalue weighted by molar-refractivity contribution is 6.46. The maximum Gasteiger partial charge on any atom is 0.295 e. The third kappa shape index (κ3) is 6.17. The first-order chi connectivity index (χ1) is 18.9. The van der Waals surface area contributed by atoms with E-state index in [4.69, 9.17) is 21.1 Å². The van der Waals surface area contributed by atoms with Gasteiger partial charge in [-0.2, -0.15) is 0 Å². The largest absolute Gasteiger partial charge is 0.507 e. The number of carbonyl (C=O) groups excluding carboxylic acids is 2. The molecule has 1 N–H and O–H groups in total. The number of likely N-dealkylation sites (tertiary alicyclic amines) is 1. The van der Waals surface area contributed by atoms with Gasteiger partial charge in [0, 0.05) is 36.8 Å². The van der Waals surface area contributed by atoms with Gasteiger partial charge < -0.3 is 19.5 Å². The van der Waals surface area contributed by atoms with Crippen LogP contribution in [0.15, 0.2) is 78.4 Å². The number of rotatable bonds is 8. The number of halogens is 1. The summed E-state index contributed by atoms with van der Waals surface area (Å²) in [5.74, 6) is -0.905. The van der Waals surface area contributed by atoms with Gasteiger partial charge in [-0.15, -0.1) is 0 Å². The first-order valence-electron chi connectivity index (χ1n) is 13.0. The van der Waals surface area contributed by atoms with Gasteiger partial charge in [0.1, 0.15) is 18.1 Å². The van der Waals surface area contributed by atoms with Crippen molar-refractivity contribution >= 4 is 29.1 Å². The molecule has 5 rings (SSSR count). The Kier molecular flexibility index (Phi) is 8.31. The average molecular weight is 547 g/mol. The van der Waals surface area contributed by atoms with E-state index in [0.29, 0.717) is 54.8 Å². The van der Waals surface area contributed by atoms with Crippen molar-refractivity contribution in [3.8, 4) is 5.75 Å². The van der Waals surface area contributed by atoms with Crippen molar-refractivity contribution in [1.29, 1.82) is 0 Å². The molecule has 39 heavy (non-hydrogen) atoms. The van der Waals surface area contributed by atoms with Crippen LogP contribution < -0.4 is 4.74 Å². The second-order valence-corrected chi connectivity index (χ2v) is 10.2. The SMILES string of the molecule is Cc1cccc(COc2ccc(/C(O)=C3\C(=O)C(=O)N(CCN4CCOCC4)[C@H]3c3ccc(Cl)cc3)cc2)c1. The number of Topliss-reactive ketones (excluding diaryl/α,β-unsaturated/α-hetero) is 1. The van der Waals surface area contributed by atoms with E-state index in [1.807, 2.05) is 25.1 Å². The highest BCUT2D eigenvalue weighted by atomic mass is 35.5. The smallest absolute Gasteiger partial charge is 0.295 e. The van der Waals surface area contributed by atoms with Crippen molar-refractivity contribution < 1.29 is 24.2 Å². The monoisotopic (exact) mass is 546 g/mol. The fraction of sp³-hybridized carbons (Fsp3) is 0.290. The number of benzene rings is 3. The van der Waals surface area contributed by atoms with Gasteiger partial charge in [0.25, 0.3) is 11.7 Å². The number of aryl methyl sites for hydroxylation is 1. The van der Waals surface area contributed by atoms with Crippen LogP contribution in [0.1, 0.15) is 28.3 Å². The van der Waals surface area contributed by atoms with Gasteiger partial charge in [-0.25, -0.2) is 0 Å². The van der Waals surface area contributed by atoms with E-state index in [-0.39, 0.29) is 11.3 Å². The number of ketones is 1. The van der Waals surface area contributed by atoms with Crippen LogP contribution in [0.25, 0.3) is 5.76 Å². The molecule has 2 saturated heterocycles. The van der Waals surface area contributed by atoms with Crippen LogP contribution in [0.5, 0.6) is 5.75 Å². The Bertz CT molecular complexity index is 1360. The Hall–Kier alpha value is -3.65. The van der Waals surface area contributed by atoms with Crippen LogP contribution >= 0.6 is 11.6 Å².